The normalized spacial score (nSPS) is 10.0. The molecule has 0 saturated heterocycles. The van der Waals surface area contributed by atoms with E-state index in [0.29, 0.717) is 11.4 Å². The highest BCUT2D eigenvalue weighted by atomic mass is 35.5. The number of hydrogen-bond donors (Lipinski definition) is 0. The molecule has 0 aliphatic rings. The molecule has 13 heavy (non-hydrogen) atoms. The van der Waals surface area contributed by atoms with Crippen molar-refractivity contribution in [3.8, 4) is 0 Å². The fraction of sp³-hybridized carbons (Fsp3) is 0.375. The van der Waals surface area contributed by atoms with Gasteiger partial charge in [-0.3, -0.25) is 9.36 Å². The number of halogens is 1. The van der Waals surface area contributed by atoms with Crippen molar-refractivity contribution >= 4 is 17.4 Å². The number of carbonyl (C=O) groups excluding carboxylic acids is 1. The smallest absolute Gasteiger partial charge is 0.298 e. The van der Waals surface area contributed by atoms with Gasteiger partial charge in [-0.15, -0.1) is 0 Å². The molecular formula is C8H9ClN2O2. The summed E-state index contributed by atoms with van der Waals surface area (Å²) in [4.78, 5) is 25.6. The Hall–Kier alpha value is -1.16. The quantitative estimate of drug-likeness (QED) is 0.728. The molecule has 0 fully saturated rings. The van der Waals surface area contributed by atoms with E-state index in [1.54, 1.807) is 6.92 Å². The summed E-state index contributed by atoms with van der Waals surface area (Å²) in [7, 11) is 0. The number of hydrogen-bond acceptors (Lipinski definition) is 3. The Morgan fingerprint density at radius 3 is 3.00 bits per heavy atom. The van der Waals surface area contributed by atoms with Crippen molar-refractivity contribution in [3.63, 3.8) is 0 Å². The van der Waals surface area contributed by atoms with Gasteiger partial charge < -0.3 is 0 Å². The summed E-state index contributed by atoms with van der Waals surface area (Å²) >= 11 is 5.61. The predicted molar refractivity (Wildman–Crippen MR) is 48.8 cm³/mol. The van der Waals surface area contributed by atoms with E-state index in [9.17, 15) is 9.59 Å². The fourth-order valence-corrected chi connectivity index (χ4v) is 1.01. The van der Waals surface area contributed by atoms with Crippen LogP contribution in [0.5, 0.6) is 0 Å². The average molecular weight is 201 g/mol. The third-order valence-corrected chi connectivity index (χ3v) is 1.76. The first-order valence-electron chi connectivity index (χ1n) is 3.87. The van der Waals surface area contributed by atoms with Gasteiger partial charge in [-0.25, -0.2) is 9.78 Å². The number of Topliss-reactive ketones (excluding diaryl/α,β-unsaturated/α-hetero) is 1. The summed E-state index contributed by atoms with van der Waals surface area (Å²) in [5.74, 6) is -0.0221. The summed E-state index contributed by atoms with van der Waals surface area (Å²) in [5, 5.41) is 0.350. The minimum absolute atomic E-state index is 0.0221. The molecule has 0 atom stereocenters. The molecule has 0 bridgehead atoms. The lowest BCUT2D eigenvalue weighted by atomic mass is 10.3. The van der Waals surface area contributed by atoms with Crippen LogP contribution >= 0.6 is 11.6 Å². The number of aromatic nitrogens is 2. The summed E-state index contributed by atoms with van der Waals surface area (Å²) in [6.45, 7) is 1.79. The van der Waals surface area contributed by atoms with E-state index in [2.05, 4.69) is 4.98 Å². The van der Waals surface area contributed by atoms with Gasteiger partial charge in [-0.2, -0.15) is 0 Å². The van der Waals surface area contributed by atoms with Gasteiger partial charge in [-0.05, 0) is 0 Å². The molecule has 0 N–H and O–H groups in total. The zero-order valence-corrected chi connectivity index (χ0v) is 7.91. The molecule has 1 aromatic rings. The van der Waals surface area contributed by atoms with Gasteiger partial charge >= 0.3 is 5.69 Å². The second kappa shape index (κ2) is 4.18. The SMILES string of the molecule is CCC(=O)Cn1cc(Cl)cnc1=O. The van der Waals surface area contributed by atoms with Crippen molar-refractivity contribution < 1.29 is 4.79 Å². The summed E-state index contributed by atoms with van der Waals surface area (Å²) in [6, 6.07) is 0. The van der Waals surface area contributed by atoms with E-state index in [4.69, 9.17) is 11.6 Å². The van der Waals surface area contributed by atoms with E-state index >= 15 is 0 Å². The Kier molecular flexibility index (Phi) is 3.19. The molecular weight excluding hydrogens is 192 g/mol. The van der Waals surface area contributed by atoms with Crippen LogP contribution < -0.4 is 5.69 Å². The lowest BCUT2D eigenvalue weighted by Gasteiger charge is -2.01. The van der Waals surface area contributed by atoms with Crippen LogP contribution in [0.15, 0.2) is 17.2 Å². The molecule has 0 spiro atoms. The van der Waals surface area contributed by atoms with Gasteiger partial charge in [0.15, 0.2) is 5.78 Å². The molecule has 4 nitrogen and oxygen atoms in total. The summed E-state index contributed by atoms with van der Waals surface area (Å²) in [5.41, 5.74) is -0.453. The fourth-order valence-electron chi connectivity index (χ4n) is 0.844. The standard InChI is InChI=1S/C8H9ClN2O2/c1-2-7(12)5-11-4-6(9)3-10-8(11)13/h3-4H,2,5H2,1H3. The summed E-state index contributed by atoms with van der Waals surface area (Å²) < 4.78 is 1.20. The third kappa shape index (κ3) is 2.66. The maximum absolute atomic E-state index is 11.1. The average Bonchev–Trinajstić information content (AvgIpc) is 2.11. The Labute approximate surface area is 80.2 Å². The zero-order chi connectivity index (χ0) is 9.84. The Morgan fingerprint density at radius 2 is 2.38 bits per heavy atom. The largest absolute Gasteiger partial charge is 0.348 e. The molecule has 0 amide bonds. The van der Waals surface area contributed by atoms with E-state index in [1.807, 2.05) is 0 Å². The Balaban J connectivity index is 2.94. The highest BCUT2D eigenvalue weighted by molar-refractivity contribution is 6.30. The molecule has 1 rings (SSSR count). The molecule has 70 valence electrons. The number of nitrogens with zero attached hydrogens (tertiary/aromatic N) is 2. The molecule has 0 aliphatic carbocycles. The molecule has 0 unspecified atom stereocenters. The molecule has 0 saturated carbocycles. The first kappa shape index (κ1) is 9.92. The lowest BCUT2D eigenvalue weighted by Crippen LogP contribution is -2.25. The maximum atomic E-state index is 11.1. The van der Waals surface area contributed by atoms with Crippen molar-refractivity contribution in [2.45, 2.75) is 19.9 Å². The Bertz CT molecular complexity index is 373. The monoisotopic (exact) mass is 200 g/mol. The van der Waals surface area contributed by atoms with Crippen LogP contribution in [0.1, 0.15) is 13.3 Å². The molecule has 5 heteroatoms. The van der Waals surface area contributed by atoms with Gasteiger partial charge in [0.25, 0.3) is 0 Å². The number of ketones is 1. The molecule has 0 aromatic carbocycles. The van der Waals surface area contributed by atoms with E-state index in [0.717, 1.165) is 0 Å². The zero-order valence-electron chi connectivity index (χ0n) is 7.16. The van der Waals surface area contributed by atoms with E-state index in [1.165, 1.54) is 17.0 Å². The lowest BCUT2D eigenvalue weighted by molar-refractivity contribution is -0.119. The predicted octanol–water partition coefficient (Wildman–Crippen LogP) is 0.876. The topological polar surface area (TPSA) is 52.0 Å². The van der Waals surface area contributed by atoms with Gasteiger partial charge in [0.2, 0.25) is 0 Å². The van der Waals surface area contributed by atoms with Gasteiger partial charge in [0, 0.05) is 12.6 Å². The third-order valence-electron chi connectivity index (χ3n) is 1.56. The van der Waals surface area contributed by atoms with Crippen LogP contribution in [-0.4, -0.2) is 15.3 Å². The van der Waals surface area contributed by atoms with Crippen molar-refractivity contribution in [1.82, 2.24) is 9.55 Å². The van der Waals surface area contributed by atoms with Crippen LogP contribution in [0.4, 0.5) is 0 Å². The van der Waals surface area contributed by atoms with Crippen LogP contribution in [0, 0.1) is 0 Å². The maximum Gasteiger partial charge on any atom is 0.348 e. The first-order chi connectivity index (χ1) is 6.13. The molecule has 1 aromatic heterocycles. The van der Waals surface area contributed by atoms with Gasteiger partial charge in [0.1, 0.15) is 0 Å². The molecule has 0 aliphatic heterocycles. The molecule has 1 heterocycles. The molecule has 0 radical (unpaired) electrons. The van der Waals surface area contributed by atoms with E-state index in [-0.39, 0.29) is 12.3 Å². The number of carbonyl (C=O) groups is 1. The minimum atomic E-state index is -0.453. The van der Waals surface area contributed by atoms with Crippen LogP contribution in [0.3, 0.4) is 0 Å². The van der Waals surface area contributed by atoms with Crippen molar-refractivity contribution in [2.75, 3.05) is 0 Å². The van der Waals surface area contributed by atoms with Crippen LogP contribution in [0.25, 0.3) is 0 Å². The Morgan fingerprint density at radius 1 is 1.69 bits per heavy atom. The second-order valence-corrected chi connectivity index (χ2v) is 3.01. The highest BCUT2D eigenvalue weighted by Crippen LogP contribution is 2.01. The van der Waals surface area contributed by atoms with Crippen molar-refractivity contribution in [3.05, 3.63) is 27.9 Å². The van der Waals surface area contributed by atoms with Crippen LogP contribution in [0.2, 0.25) is 5.02 Å². The highest BCUT2D eigenvalue weighted by Gasteiger charge is 2.02. The summed E-state index contributed by atoms with van der Waals surface area (Å²) in [6.07, 6.45) is 3.07. The van der Waals surface area contributed by atoms with Crippen LogP contribution in [-0.2, 0) is 11.3 Å². The second-order valence-electron chi connectivity index (χ2n) is 2.57. The first-order valence-corrected chi connectivity index (χ1v) is 4.25. The van der Waals surface area contributed by atoms with Crippen molar-refractivity contribution in [1.29, 1.82) is 0 Å². The van der Waals surface area contributed by atoms with E-state index < -0.39 is 5.69 Å². The minimum Gasteiger partial charge on any atom is -0.298 e. The van der Waals surface area contributed by atoms with Crippen molar-refractivity contribution in [2.24, 2.45) is 0 Å². The van der Waals surface area contributed by atoms with Gasteiger partial charge in [0.05, 0.1) is 17.8 Å². The number of rotatable bonds is 3. The van der Waals surface area contributed by atoms with Gasteiger partial charge in [-0.1, -0.05) is 18.5 Å².